The first kappa shape index (κ1) is 33.9. The molecule has 1 saturated carbocycles. The molecule has 0 bridgehead atoms. The summed E-state index contributed by atoms with van der Waals surface area (Å²) < 4.78 is 34.9. The van der Waals surface area contributed by atoms with E-state index in [-0.39, 0.29) is 61.0 Å². The van der Waals surface area contributed by atoms with Crippen LogP contribution < -0.4 is 15.5 Å². The molecule has 1 aliphatic carbocycles. The fourth-order valence-corrected chi connectivity index (χ4v) is 6.98. The molecule has 10 nitrogen and oxygen atoms in total. The Labute approximate surface area is 262 Å². The van der Waals surface area contributed by atoms with Crippen LogP contribution >= 0.6 is 0 Å². The Hall–Kier alpha value is -2.99. The highest BCUT2D eigenvalue weighted by Gasteiger charge is 2.36. The zero-order chi connectivity index (χ0) is 31.9. The minimum atomic E-state index is -4.01. The number of sulfonamides is 1. The molecular formula is C33H48N4O6S. The van der Waals surface area contributed by atoms with Crippen LogP contribution in [0.15, 0.2) is 53.4 Å². The maximum atomic E-state index is 14.0. The van der Waals surface area contributed by atoms with E-state index in [1.807, 2.05) is 58.0 Å². The third kappa shape index (κ3) is 9.26. The average Bonchev–Trinajstić information content (AvgIpc) is 3.71. The van der Waals surface area contributed by atoms with Crippen molar-refractivity contribution in [3.63, 3.8) is 0 Å². The van der Waals surface area contributed by atoms with Crippen LogP contribution in [0.5, 0.6) is 5.75 Å². The second-order valence-electron chi connectivity index (χ2n) is 12.6. The first-order chi connectivity index (χ1) is 21.0. The predicted octanol–water partition coefficient (Wildman–Crippen LogP) is 3.29. The number of nitrogens with one attached hydrogen (secondary N) is 2. The van der Waals surface area contributed by atoms with Crippen LogP contribution in [-0.2, 0) is 32.5 Å². The lowest BCUT2D eigenvalue weighted by Gasteiger charge is -2.37. The number of amides is 2. The van der Waals surface area contributed by atoms with Crippen molar-refractivity contribution in [2.45, 2.75) is 89.3 Å². The van der Waals surface area contributed by atoms with Gasteiger partial charge in [-0.15, -0.1) is 0 Å². The van der Waals surface area contributed by atoms with E-state index in [9.17, 15) is 23.1 Å². The van der Waals surface area contributed by atoms with Gasteiger partial charge in [-0.2, -0.15) is 4.31 Å². The molecule has 1 heterocycles. The van der Waals surface area contributed by atoms with E-state index in [0.717, 1.165) is 30.4 Å². The van der Waals surface area contributed by atoms with Crippen LogP contribution in [0.1, 0.15) is 64.5 Å². The summed E-state index contributed by atoms with van der Waals surface area (Å²) >= 11 is 0. The Morgan fingerprint density at radius 2 is 1.80 bits per heavy atom. The number of aliphatic hydroxyl groups excluding tert-OH is 1. The van der Waals surface area contributed by atoms with Gasteiger partial charge < -0.3 is 15.2 Å². The minimum Gasteiger partial charge on any atom is -0.493 e. The maximum absolute atomic E-state index is 14.0. The average molecular weight is 629 g/mol. The van der Waals surface area contributed by atoms with Crippen molar-refractivity contribution in [3.05, 3.63) is 59.7 Å². The highest BCUT2D eigenvalue weighted by Crippen LogP contribution is 2.30. The van der Waals surface area contributed by atoms with Crippen molar-refractivity contribution in [2.75, 3.05) is 26.2 Å². The second kappa shape index (κ2) is 15.3. The molecule has 2 aromatic carbocycles. The number of carbonyl (C=O) groups is 2. The Morgan fingerprint density at radius 3 is 2.45 bits per heavy atom. The number of aliphatic hydroxyl groups is 1. The first-order valence-corrected chi connectivity index (χ1v) is 17.2. The van der Waals surface area contributed by atoms with E-state index >= 15 is 0 Å². The lowest BCUT2D eigenvalue weighted by Crippen LogP contribution is -2.60. The van der Waals surface area contributed by atoms with E-state index in [2.05, 4.69) is 10.7 Å². The van der Waals surface area contributed by atoms with Crippen LogP contribution in [0.25, 0.3) is 0 Å². The van der Waals surface area contributed by atoms with Gasteiger partial charge >= 0.3 is 0 Å². The van der Waals surface area contributed by atoms with E-state index in [1.54, 1.807) is 12.1 Å². The highest BCUT2D eigenvalue weighted by molar-refractivity contribution is 7.89. The molecule has 2 aliphatic rings. The number of rotatable bonds is 16. The first-order valence-electron chi connectivity index (χ1n) is 15.8. The second-order valence-corrected chi connectivity index (χ2v) is 14.5. The molecule has 1 fully saturated rings. The third-order valence-corrected chi connectivity index (χ3v) is 10.0. The van der Waals surface area contributed by atoms with E-state index in [0.29, 0.717) is 24.8 Å². The number of benzene rings is 2. The van der Waals surface area contributed by atoms with Crippen molar-refractivity contribution in [1.29, 1.82) is 0 Å². The van der Waals surface area contributed by atoms with E-state index in [4.69, 9.17) is 4.74 Å². The topological polar surface area (TPSA) is 128 Å². The highest BCUT2D eigenvalue weighted by atomic mass is 32.2. The summed E-state index contributed by atoms with van der Waals surface area (Å²) in [4.78, 5) is 27.0. The molecule has 0 spiro atoms. The fourth-order valence-electron chi connectivity index (χ4n) is 5.31. The zero-order valence-corrected chi connectivity index (χ0v) is 27.2. The molecule has 242 valence electrons. The Balaban J connectivity index is 1.65. The van der Waals surface area contributed by atoms with Crippen LogP contribution in [0.2, 0.25) is 0 Å². The van der Waals surface area contributed by atoms with Gasteiger partial charge in [0.05, 0.1) is 30.2 Å². The molecule has 0 radical (unpaired) electrons. The van der Waals surface area contributed by atoms with Gasteiger partial charge in [0.25, 0.3) is 5.91 Å². The SMILES string of the molecule is CC[C@H](C)CC(=O)N(NC(=O)CNC1CC1)C(Cc1ccccc1)[C@H](O)CN(CC(C)C)S(=O)(=O)c1ccc2c(c1)CCO2. The number of fused-ring (bicyclic) bond motifs is 1. The molecule has 1 unspecified atom stereocenters. The summed E-state index contributed by atoms with van der Waals surface area (Å²) in [5, 5.41) is 16.3. The normalized spacial score (nSPS) is 16.7. The number of ether oxygens (including phenoxy) is 1. The number of hydrazine groups is 1. The number of nitrogens with zero attached hydrogens (tertiary/aromatic N) is 2. The van der Waals surface area contributed by atoms with Crippen molar-refractivity contribution >= 4 is 21.8 Å². The van der Waals surface area contributed by atoms with Crippen LogP contribution in [0.3, 0.4) is 0 Å². The van der Waals surface area contributed by atoms with Crippen molar-refractivity contribution in [1.82, 2.24) is 20.1 Å². The maximum Gasteiger partial charge on any atom is 0.252 e. The summed E-state index contributed by atoms with van der Waals surface area (Å²) in [5.74, 6) is 0.00800. The largest absolute Gasteiger partial charge is 0.493 e. The summed E-state index contributed by atoms with van der Waals surface area (Å²) in [7, 11) is -4.01. The zero-order valence-electron chi connectivity index (χ0n) is 26.4. The van der Waals surface area contributed by atoms with Crippen LogP contribution in [0, 0.1) is 11.8 Å². The molecule has 1 aliphatic heterocycles. The van der Waals surface area contributed by atoms with Gasteiger partial charge in [-0.05, 0) is 60.4 Å². The minimum absolute atomic E-state index is 0.0290. The van der Waals surface area contributed by atoms with Gasteiger partial charge in [0.15, 0.2) is 0 Å². The molecule has 4 rings (SSSR count). The molecular weight excluding hydrogens is 580 g/mol. The molecule has 2 amide bonds. The number of hydrogen-bond acceptors (Lipinski definition) is 7. The standard InChI is InChI=1S/C33H48N4O6S/c1-5-24(4)17-33(40)37(35-32(39)20-34-27-11-12-27)29(18-25-9-7-6-8-10-25)30(38)22-36(21-23(2)3)44(41,42)28-13-14-31-26(19-28)15-16-43-31/h6-10,13-14,19,23-24,27,29-30,34,38H,5,11-12,15-18,20-22H2,1-4H3,(H,35,39)/t24-,29?,30+/m0/s1. The third-order valence-electron chi connectivity index (χ3n) is 8.18. The summed E-state index contributed by atoms with van der Waals surface area (Å²) in [5.41, 5.74) is 4.47. The fraction of sp³-hybridized carbons (Fsp3) is 0.576. The smallest absolute Gasteiger partial charge is 0.252 e. The predicted molar refractivity (Wildman–Crippen MR) is 169 cm³/mol. The number of carbonyl (C=O) groups excluding carboxylic acids is 2. The van der Waals surface area contributed by atoms with E-state index in [1.165, 1.54) is 15.4 Å². The molecule has 3 N–H and O–H groups in total. The van der Waals surface area contributed by atoms with Crippen molar-refractivity contribution in [2.24, 2.45) is 11.8 Å². The van der Waals surface area contributed by atoms with Crippen molar-refractivity contribution in [3.8, 4) is 5.75 Å². The van der Waals surface area contributed by atoms with Gasteiger partial charge in [-0.25, -0.2) is 13.4 Å². The Kier molecular flexibility index (Phi) is 11.8. The van der Waals surface area contributed by atoms with Gasteiger partial charge in [-0.1, -0.05) is 64.4 Å². The number of hydrogen-bond donors (Lipinski definition) is 3. The summed E-state index contributed by atoms with van der Waals surface area (Å²) in [6, 6.07) is 13.6. The van der Waals surface area contributed by atoms with Gasteiger partial charge in [-0.3, -0.25) is 15.0 Å². The van der Waals surface area contributed by atoms with E-state index < -0.39 is 22.2 Å². The lowest BCUT2D eigenvalue weighted by molar-refractivity contribution is -0.148. The molecule has 2 aromatic rings. The van der Waals surface area contributed by atoms with Crippen molar-refractivity contribution < 1.29 is 27.9 Å². The lowest BCUT2D eigenvalue weighted by atomic mass is 9.98. The molecule has 3 atom stereocenters. The Bertz CT molecular complexity index is 1370. The quantitative estimate of drug-likeness (QED) is 0.244. The molecule has 44 heavy (non-hydrogen) atoms. The monoisotopic (exact) mass is 628 g/mol. The summed E-state index contributed by atoms with van der Waals surface area (Å²) in [6.07, 6.45) is 2.51. The molecule has 0 aromatic heterocycles. The van der Waals surface area contributed by atoms with Crippen LogP contribution in [0.4, 0.5) is 0 Å². The van der Waals surface area contributed by atoms with Gasteiger partial charge in [0.2, 0.25) is 15.9 Å². The van der Waals surface area contributed by atoms with Crippen LogP contribution in [-0.4, -0.2) is 79.1 Å². The molecule has 0 saturated heterocycles. The Morgan fingerprint density at radius 1 is 1.07 bits per heavy atom. The summed E-state index contributed by atoms with van der Waals surface area (Å²) in [6.45, 7) is 8.27. The van der Waals surface area contributed by atoms with Gasteiger partial charge in [0.1, 0.15) is 5.75 Å². The molecule has 11 heteroatoms. The van der Waals surface area contributed by atoms with Gasteiger partial charge in [0, 0.05) is 32.0 Å².